The van der Waals surface area contributed by atoms with Gasteiger partial charge in [0.1, 0.15) is 5.75 Å². The second-order valence-electron chi connectivity index (χ2n) is 4.61. The lowest BCUT2D eigenvalue weighted by atomic mass is 10.1. The van der Waals surface area contributed by atoms with Gasteiger partial charge < -0.3 is 14.6 Å². The molecule has 0 saturated heterocycles. The Balaban J connectivity index is 2.06. The average Bonchev–Trinajstić information content (AvgIpc) is 2.48. The van der Waals surface area contributed by atoms with E-state index in [1.54, 1.807) is 13.3 Å². The number of aryl methyl sites for hydroxylation is 1. The zero-order valence-corrected chi connectivity index (χ0v) is 11.8. The molecule has 2 rings (SSSR count). The van der Waals surface area contributed by atoms with Gasteiger partial charge in [-0.05, 0) is 42.7 Å². The molecule has 4 nitrogen and oxygen atoms in total. The predicted molar refractivity (Wildman–Crippen MR) is 77.0 cm³/mol. The van der Waals surface area contributed by atoms with Crippen molar-refractivity contribution in [1.29, 1.82) is 0 Å². The van der Waals surface area contributed by atoms with Crippen molar-refractivity contribution in [3.05, 3.63) is 53.2 Å². The molecule has 0 amide bonds. The fourth-order valence-corrected chi connectivity index (χ4v) is 1.87. The Morgan fingerprint density at radius 1 is 1.15 bits per heavy atom. The van der Waals surface area contributed by atoms with Crippen LogP contribution in [0.4, 0.5) is 0 Å². The molecule has 0 aliphatic heterocycles. The van der Waals surface area contributed by atoms with E-state index in [0.717, 1.165) is 23.3 Å². The van der Waals surface area contributed by atoms with Crippen molar-refractivity contribution in [1.82, 2.24) is 4.98 Å². The fourth-order valence-electron chi connectivity index (χ4n) is 1.87. The van der Waals surface area contributed by atoms with Gasteiger partial charge in [-0.1, -0.05) is 12.1 Å². The molecule has 1 heterocycles. The van der Waals surface area contributed by atoms with E-state index in [-0.39, 0.29) is 6.61 Å². The van der Waals surface area contributed by atoms with Crippen molar-refractivity contribution >= 4 is 0 Å². The zero-order chi connectivity index (χ0) is 14.4. The first-order valence-electron chi connectivity index (χ1n) is 6.55. The Hall–Kier alpha value is -1.91. The monoisotopic (exact) mass is 273 g/mol. The van der Waals surface area contributed by atoms with Gasteiger partial charge in [0.05, 0.1) is 13.2 Å². The summed E-state index contributed by atoms with van der Waals surface area (Å²) in [5, 5.41) is 9.05. The highest BCUT2D eigenvalue weighted by molar-refractivity contribution is 5.34. The molecule has 2 aromatic rings. The topological polar surface area (TPSA) is 51.6 Å². The summed E-state index contributed by atoms with van der Waals surface area (Å²) in [5.74, 6) is 1.31. The van der Waals surface area contributed by atoms with Gasteiger partial charge in [-0.15, -0.1) is 0 Å². The van der Waals surface area contributed by atoms with Gasteiger partial charge in [0, 0.05) is 18.9 Å². The normalized spacial score (nSPS) is 10.6. The van der Waals surface area contributed by atoms with Crippen molar-refractivity contribution in [3.8, 4) is 11.6 Å². The van der Waals surface area contributed by atoms with E-state index in [1.165, 1.54) is 5.56 Å². The van der Waals surface area contributed by atoms with Gasteiger partial charge in [0.25, 0.3) is 0 Å². The number of rotatable bonds is 6. The van der Waals surface area contributed by atoms with E-state index in [2.05, 4.69) is 4.98 Å². The van der Waals surface area contributed by atoms with Crippen molar-refractivity contribution in [2.75, 3.05) is 13.7 Å². The highest BCUT2D eigenvalue weighted by Crippen LogP contribution is 2.23. The molecule has 106 valence electrons. The van der Waals surface area contributed by atoms with Crippen LogP contribution in [0.15, 0.2) is 36.5 Å². The molecule has 0 spiro atoms. The molecular formula is C16H19NO3. The molecular weight excluding hydrogens is 254 g/mol. The number of aromatic nitrogens is 1. The molecule has 0 saturated carbocycles. The molecule has 0 unspecified atom stereocenters. The van der Waals surface area contributed by atoms with Crippen molar-refractivity contribution in [3.63, 3.8) is 0 Å². The van der Waals surface area contributed by atoms with Crippen LogP contribution in [-0.2, 0) is 17.8 Å². The molecule has 0 radical (unpaired) electrons. The van der Waals surface area contributed by atoms with Crippen LogP contribution in [-0.4, -0.2) is 23.8 Å². The number of aliphatic hydroxyl groups excluding tert-OH is 1. The van der Waals surface area contributed by atoms with Crippen molar-refractivity contribution in [2.24, 2.45) is 0 Å². The molecule has 0 bridgehead atoms. The van der Waals surface area contributed by atoms with Gasteiger partial charge in [0.2, 0.25) is 5.88 Å². The summed E-state index contributed by atoms with van der Waals surface area (Å²) in [4.78, 5) is 4.21. The number of hydrogen-bond acceptors (Lipinski definition) is 4. The van der Waals surface area contributed by atoms with Gasteiger partial charge in [-0.2, -0.15) is 0 Å². The van der Waals surface area contributed by atoms with Gasteiger partial charge in [0.15, 0.2) is 0 Å². The summed E-state index contributed by atoms with van der Waals surface area (Å²) in [6, 6.07) is 9.75. The zero-order valence-electron chi connectivity index (χ0n) is 11.8. The molecule has 1 aromatic carbocycles. The lowest BCUT2D eigenvalue weighted by molar-refractivity contribution is 0.202. The van der Waals surface area contributed by atoms with Crippen molar-refractivity contribution in [2.45, 2.75) is 20.0 Å². The SMILES string of the molecule is COCCc1ccc(Oc2ncc(CO)cc2C)cc1. The molecule has 1 aromatic heterocycles. The highest BCUT2D eigenvalue weighted by atomic mass is 16.5. The summed E-state index contributed by atoms with van der Waals surface area (Å²) in [5.41, 5.74) is 2.89. The number of methoxy groups -OCH3 is 1. The van der Waals surface area contributed by atoms with Crippen LogP contribution < -0.4 is 4.74 Å². The maximum Gasteiger partial charge on any atom is 0.222 e. The summed E-state index contributed by atoms with van der Waals surface area (Å²) >= 11 is 0. The van der Waals surface area contributed by atoms with Crippen LogP contribution in [0.5, 0.6) is 11.6 Å². The van der Waals surface area contributed by atoms with Gasteiger partial charge in [-0.25, -0.2) is 4.98 Å². The second-order valence-corrected chi connectivity index (χ2v) is 4.61. The van der Waals surface area contributed by atoms with Crippen LogP contribution >= 0.6 is 0 Å². The Labute approximate surface area is 119 Å². The lowest BCUT2D eigenvalue weighted by Crippen LogP contribution is -1.96. The lowest BCUT2D eigenvalue weighted by Gasteiger charge is -2.09. The second kappa shape index (κ2) is 7.03. The highest BCUT2D eigenvalue weighted by Gasteiger charge is 2.04. The van der Waals surface area contributed by atoms with E-state index >= 15 is 0 Å². The van der Waals surface area contributed by atoms with Crippen LogP contribution in [0.3, 0.4) is 0 Å². The minimum absolute atomic E-state index is 0.0116. The minimum atomic E-state index is -0.0116. The maximum atomic E-state index is 9.05. The molecule has 1 N–H and O–H groups in total. The number of nitrogens with zero attached hydrogens (tertiary/aromatic N) is 1. The maximum absolute atomic E-state index is 9.05. The van der Waals surface area contributed by atoms with E-state index in [1.807, 2.05) is 37.3 Å². The summed E-state index contributed by atoms with van der Waals surface area (Å²) in [6.45, 7) is 2.61. The van der Waals surface area contributed by atoms with E-state index < -0.39 is 0 Å². The molecule has 4 heteroatoms. The number of pyridine rings is 1. The Bertz CT molecular complexity index is 552. The summed E-state index contributed by atoms with van der Waals surface area (Å²) < 4.78 is 10.8. The van der Waals surface area contributed by atoms with E-state index in [4.69, 9.17) is 14.6 Å². The minimum Gasteiger partial charge on any atom is -0.439 e. The molecule has 0 fully saturated rings. The molecule has 0 atom stereocenters. The third-order valence-electron chi connectivity index (χ3n) is 3.00. The fraction of sp³-hybridized carbons (Fsp3) is 0.312. The number of hydrogen-bond donors (Lipinski definition) is 1. The van der Waals surface area contributed by atoms with Crippen LogP contribution in [0.1, 0.15) is 16.7 Å². The Kier molecular flexibility index (Phi) is 5.09. The Morgan fingerprint density at radius 3 is 2.50 bits per heavy atom. The Morgan fingerprint density at radius 2 is 1.90 bits per heavy atom. The van der Waals surface area contributed by atoms with Crippen LogP contribution in [0.2, 0.25) is 0 Å². The number of aliphatic hydroxyl groups is 1. The van der Waals surface area contributed by atoms with Gasteiger partial charge >= 0.3 is 0 Å². The van der Waals surface area contributed by atoms with Gasteiger partial charge in [-0.3, -0.25) is 0 Å². The van der Waals surface area contributed by atoms with E-state index in [9.17, 15) is 0 Å². The first-order valence-corrected chi connectivity index (χ1v) is 6.55. The first-order chi connectivity index (χ1) is 9.72. The summed E-state index contributed by atoms with van der Waals surface area (Å²) in [6.07, 6.45) is 2.51. The standard InChI is InChI=1S/C16H19NO3/c1-12-9-14(11-18)10-17-16(12)20-15-5-3-13(4-6-15)7-8-19-2/h3-6,9-10,18H,7-8,11H2,1-2H3. The number of benzene rings is 1. The van der Waals surface area contributed by atoms with Crippen LogP contribution in [0.25, 0.3) is 0 Å². The number of ether oxygens (including phenoxy) is 2. The third kappa shape index (κ3) is 3.79. The molecule has 0 aliphatic rings. The van der Waals surface area contributed by atoms with Crippen LogP contribution in [0, 0.1) is 6.92 Å². The molecule has 0 aliphatic carbocycles. The average molecular weight is 273 g/mol. The predicted octanol–water partition coefficient (Wildman–Crippen LogP) is 2.86. The first kappa shape index (κ1) is 14.5. The largest absolute Gasteiger partial charge is 0.439 e. The van der Waals surface area contributed by atoms with E-state index in [0.29, 0.717) is 12.5 Å². The quantitative estimate of drug-likeness (QED) is 0.879. The molecule has 20 heavy (non-hydrogen) atoms. The van der Waals surface area contributed by atoms with Crippen molar-refractivity contribution < 1.29 is 14.6 Å². The smallest absolute Gasteiger partial charge is 0.222 e. The third-order valence-corrected chi connectivity index (χ3v) is 3.00. The summed E-state index contributed by atoms with van der Waals surface area (Å²) in [7, 11) is 1.70.